The third-order valence-electron chi connectivity index (χ3n) is 4.04. The van der Waals surface area contributed by atoms with Crippen LogP contribution in [0.5, 0.6) is 0 Å². The molecule has 0 unspecified atom stereocenters. The Kier molecular flexibility index (Phi) is 9.06. The summed E-state index contributed by atoms with van der Waals surface area (Å²) in [6.45, 7) is 0.953. The molecule has 0 bridgehead atoms. The average Bonchev–Trinajstić information content (AvgIpc) is 2.75. The first kappa shape index (κ1) is 20.4. The van der Waals surface area contributed by atoms with E-state index in [2.05, 4.69) is 10.0 Å². The molecule has 2 N–H and O–H groups in total. The molecule has 0 aliphatic heterocycles. The van der Waals surface area contributed by atoms with Crippen LogP contribution in [-0.4, -0.2) is 27.5 Å². The lowest BCUT2D eigenvalue weighted by Crippen LogP contribution is -2.37. The molecule has 1 aliphatic carbocycles. The molecule has 4 nitrogen and oxygen atoms in total. The molecular weight excluding hydrogens is 339 g/mol. The van der Waals surface area contributed by atoms with E-state index in [1.807, 2.05) is 0 Å². The zero-order valence-electron chi connectivity index (χ0n) is 13.3. The molecule has 0 atom stereocenters. The zero-order valence-corrected chi connectivity index (χ0v) is 14.9. The van der Waals surface area contributed by atoms with Crippen molar-refractivity contribution >= 4 is 22.4 Å². The van der Waals surface area contributed by atoms with Crippen LogP contribution >= 0.6 is 12.4 Å². The van der Waals surface area contributed by atoms with E-state index in [0.717, 1.165) is 0 Å². The van der Waals surface area contributed by atoms with Gasteiger partial charge in [-0.3, -0.25) is 0 Å². The van der Waals surface area contributed by atoms with Gasteiger partial charge in [-0.25, -0.2) is 17.5 Å². The molecule has 7 heteroatoms. The number of hydrogen-bond donors (Lipinski definition) is 2. The van der Waals surface area contributed by atoms with E-state index in [9.17, 15) is 12.8 Å². The second kappa shape index (κ2) is 10.2. The van der Waals surface area contributed by atoms with Gasteiger partial charge in [0.2, 0.25) is 10.0 Å². The lowest BCUT2D eigenvalue weighted by molar-refractivity contribution is 0.461. The highest BCUT2D eigenvalue weighted by Gasteiger charge is 2.15. The highest BCUT2D eigenvalue weighted by molar-refractivity contribution is 7.88. The third kappa shape index (κ3) is 7.61. The van der Waals surface area contributed by atoms with Crippen molar-refractivity contribution in [3.63, 3.8) is 0 Å². The van der Waals surface area contributed by atoms with Crippen LogP contribution in [0.25, 0.3) is 0 Å². The van der Waals surface area contributed by atoms with Gasteiger partial charge in [0.15, 0.2) is 0 Å². The number of hydrogen-bond acceptors (Lipinski definition) is 3. The van der Waals surface area contributed by atoms with E-state index in [1.165, 1.54) is 50.7 Å². The van der Waals surface area contributed by atoms with Crippen molar-refractivity contribution in [2.24, 2.45) is 0 Å². The fraction of sp³-hybridized carbons (Fsp3) is 0.625. The van der Waals surface area contributed by atoms with E-state index in [0.29, 0.717) is 19.1 Å². The Morgan fingerprint density at radius 3 is 2.35 bits per heavy atom. The Morgan fingerprint density at radius 2 is 1.70 bits per heavy atom. The summed E-state index contributed by atoms with van der Waals surface area (Å²) < 4.78 is 39.9. The second-order valence-electron chi connectivity index (χ2n) is 5.89. The predicted octanol–water partition coefficient (Wildman–Crippen LogP) is 2.98. The Hall–Kier alpha value is -0.690. The van der Waals surface area contributed by atoms with Crippen molar-refractivity contribution in [3.05, 3.63) is 35.6 Å². The van der Waals surface area contributed by atoms with Crippen LogP contribution in [0.15, 0.2) is 24.3 Å². The maximum Gasteiger partial charge on any atom is 0.215 e. The summed E-state index contributed by atoms with van der Waals surface area (Å²) >= 11 is 0. The first-order valence-electron chi connectivity index (χ1n) is 8.01. The van der Waals surface area contributed by atoms with Crippen LogP contribution in [0, 0.1) is 5.82 Å². The monoisotopic (exact) mass is 364 g/mol. The Balaban J connectivity index is 0.00000264. The van der Waals surface area contributed by atoms with E-state index in [1.54, 1.807) is 12.1 Å². The van der Waals surface area contributed by atoms with Gasteiger partial charge in [-0.1, -0.05) is 43.9 Å². The number of halogens is 2. The van der Waals surface area contributed by atoms with Gasteiger partial charge in [0.05, 0.1) is 5.75 Å². The van der Waals surface area contributed by atoms with E-state index >= 15 is 0 Å². The van der Waals surface area contributed by atoms with Crippen LogP contribution in [0.2, 0.25) is 0 Å². The van der Waals surface area contributed by atoms with Crippen molar-refractivity contribution in [3.8, 4) is 0 Å². The highest BCUT2D eigenvalue weighted by Crippen LogP contribution is 2.16. The lowest BCUT2D eigenvalue weighted by Gasteiger charge is -2.16. The molecule has 2 rings (SSSR count). The van der Waals surface area contributed by atoms with Crippen molar-refractivity contribution in [2.45, 2.75) is 50.3 Å². The van der Waals surface area contributed by atoms with Crippen molar-refractivity contribution in [2.75, 3.05) is 13.1 Å². The minimum Gasteiger partial charge on any atom is -0.313 e. The molecular formula is C16H26ClFN2O2S. The molecule has 0 radical (unpaired) electrons. The van der Waals surface area contributed by atoms with E-state index in [4.69, 9.17) is 0 Å². The second-order valence-corrected chi connectivity index (χ2v) is 7.69. The van der Waals surface area contributed by atoms with Crippen LogP contribution in [0.4, 0.5) is 4.39 Å². The molecule has 1 aliphatic rings. The Morgan fingerprint density at radius 1 is 1.04 bits per heavy atom. The summed E-state index contributed by atoms with van der Waals surface area (Å²) in [6, 6.07) is 6.46. The molecule has 1 aromatic rings. The molecule has 0 heterocycles. The fourth-order valence-corrected chi connectivity index (χ4v) is 4.00. The molecule has 0 spiro atoms. The van der Waals surface area contributed by atoms with E-state index < -0.39 is 15.8 Å². The van der Waals surface area contributed by atoms with Gasteiger partial charge in [0.1, 0.15) is 5.82 Å². The average molecular weight is 365 g/mol. The van der Waals surface area contributed by atoms with Crippen molar-refractivity contribution < 1.29 is 12.8 Å². The molecule has 0 amide bonds. The first-order valence-corrected chi connectivity index (χ1v) is 9.66. The lowest BCUT2D eigenvalue weighted by atomic mass is 10.1. The minimum atomic E-state index is -3.50. The summed E-state index contributed by atoms with van der Waals surface area (Å²) in [5.41, 5.74) is 0.201. The topological polar surface area (TPSA) is 58.2 Å². The number of benzene rings is 1. The van der Waals surface area contributed by atoms with Crippen molar-refractivity contribution in [1.82, 2.24) is 10.0 Å². The molecule has 1 aromatic carbocycles. The Labute approximate surface area is 144 Å². The molecule has 132 valence electrons. The molecule has 0 aromatic heterocycles. The summed E-state index contributed by atoms with van der Waals surface area (Å²) in [5, 5.41) is 3.41. The zero-order chi connectivity index (χ0) is 15.8. The van der Waals surface area contributed by atoms with Gasteiger partial charge < -0.3 is 5.32 Å². The molecule has 0 saturated heterocycles. The number of nitrogens with one attached hydrogen (secondary N) is 2. The third-order valence-corrected chi connectivity index (χ3v) is 5.37. The van der Waals surface area contributed by atoms with Gasteiger partial charge in [0.25, 0.3) is 0 Å². The minimum absolute atomic E-state index is 0. The van der Waals surface area contributed by atoms with E-state index in [-0.39, 0.29) is 23.7 Å². The van der Waals surface area contributed by atoms with Gasteiger partial charge in [0, 0.05) is 24.7 Å². The largest absolute Gasteiger partial charge is 0.313 e. The van der Waals surface area contributed by atoms with Crippen LogP contribution in [0.1, 0.15) is 44.1 Å². The maximum atomic E-state index is 13.5. The highest BCUT2D eigenvalue weighted by atomic mass is 35.5. The van der Waals surface area contributed by atoms with Gasteiger partial charge >= 0.3 is 0 Å². The van der Waals surface area contributed by atoms with Gasteiger partial charge in [-0.05, 0) is 18.9 Å². The van der Waals surface area contributed by atoms with Gasteiger partial charge in [-0.15, -0.1) is 12.4 Å². The molecule has 1 fully saturated rings. The fourth-order valence-electron chi connectivity index (χ4n) is 2.84. The van der Waals surface area contributed by atoms with Gasteiger partial charge in [-0.2, -0.15) is 0 Å². The normalized spacial score (nSPS) is 16.6. The standard InChI is InChI=1S/C16H25FN2O2S.ClH/c17-16-10-6-5-7-14(16)13-22(20,21)19-12-11-18-15-8-3-1-2-4-9-15;/h5-7,10,15,18-19H,1-4,8-9,11-13H2;1H. The Bertz CT molecular complexity index is 561. The summed E-state index contributed by atoms with van der Waals surface area (Å²) in [4.78, 5) is 0. The van der Waals surface area contributed by atoms with Crippen LogP contribution < -0.4 is 10.0 Å². The molecule has 1 saturated carbocycles. The summed E-state index contributed by atoms with van der Waals surface area (Å²) in [7, 11) is -3.50. The summed E-state index contributed by atoms with van der Waals surface area (Å²) in [5.74, 6) is -0.798. The SMILES string of the molecule is Cl.O=S(=O)(Cc1ccccc1F)NCCNC1CCCCCC1. The number of sulfonamides is 1. The summed E-state index contributed by atoms with van der Waals surface area (Å²) in [6.07, 6.45) is 7.43. The number of rotatable bonds is 7. The predicted molar refractivity (Wildman–Crippen MR) is 93.8 cm³/mol. The first-order chi connectivity index (χ1) is 10.6. The molecule has 23 heavy (non-hydrogen) atoms. The van der Waals surface area contributed by atoms with Crippen LogP contribution in [0.3, 0.4) is 0 Å². The smallest absolute Gasteiger partial charge is 0.215 e. The van der Waals surface area contributed by atoms with Crippen LogP contribution in [-0.2, 0) is 15.8 Å². The quantitative estimate of drug-likeness (QED) is 0.577. The van der Waals surface area contributed by atoms with Crippen molar-refractivity contribution in [1.29, 1.82) is 0 Å². The maximum absolute atomic E-state index is 13.5.